The quantitative estimate of drug-likeness (QED) is 0.195. The van der Waals surface area contributed by atoms with Gasteiger partial charge in [-0.05, 0) is 0 Å². The first-order chi connectivity index (χ1) is 11.8. The Morgan fingerprint density at radius 1 is 0.500 bits per heavy atom. The third kappa shape index (κ3) is 3.56. The van der Waals surface area contributed by atoms with Crippen LogP contribution in [0.5, 0.6) is 0 Å². The molecule has 154 valence electrons. The van der Waals surface area contributed by atoms with Crippen LogP contribution in [-0.4, -0.2) is 129 Å². The fourth-order valence-electron chi connectivity index (χ4n) is 3.16. The van der Waals surface area contributed by atoms with Gasteiger partial charge in [0.15, 0.2) is 0 Å². The zero-order valence-electron chi connectivity index (χ0n) is 13.1. The minimum atomic E-state index is -5.25. The molecule has 2 rings (SSSR count). The van der Waals surface area contributed by atoms with Gasteiger partial charge in [0, 0.05) is 0 Å². The molecule has 0 aromatic carbocycles. The van der Waals surface area contributed by atoms with Gasteiger partial charge in [-0.15, -0.1) is 0 Å². The molecule has 0 bridgehead atoms. The van der Waals surface area contributed by atoms with Gasteiger partial charge < -0.3 is 56.0 Å². The van der Waals surface area contributed by atoms with Crippen LogP contribution in [0.1, 0.15) is 0 Å². The third-order valence-electron chi connectivity index (χ3n) is 4.82. The summed E-state index contributed by atoms with van der Waals surface area (Å²) in [6.07, 6.45) is -23.2. The third-order valence-corrected chi connectivity index (χ3v) is 6.73. The second-order valence-electron chi connectivity index (χ2n) is 6.53. The van der Waals surface area contributed by atoms with E-state index in [-0.39, 0.29) is 0 Å². The van der Waals surface area contributed by atoms with Gasteiger partial charge in [-0.25, -0.2) is 0 Å². The normalized spacial score (nSPS) is 55.3. The van der Waals surface area contributed by atoms with Crippen molar-refractivity contribution in [2.24, 2.45) is 0 Å². The molecule has 0 amide bonds. The Morgan fingerprint density at radius 3 is 1.12 bits per heavy atom. The van der Waals surface area contributed by atoms with Crippen molar-refractivity contribution in [1.82, 2.24) is 0 Å². The van der Waals surface area contributed by atoms with Gasteiger partial charge in [0.05, 0.1) is 12.2 Å². The van der Waals surface area contributed by atoms with Gasteiger partial charge in [0.1, 0.15) is 60.6 Å². The molecule has 2 aliphatic rings. The molecule has 0 spiro atoms. The first-order valence-corrected chi connectivity index (χ1v) is 9.29. The van der Waals surface area contributed by atoms with Crippen molar-refractivity contribution in [3.8, 4) is 0 Å². The molecule has 14 heteroatoms. The second kappa shape index (κ2) is 7.64. The van der Waals surface area contributed by atoms with Crippen LogP contribution in [0, 0.1) is 0 Å². The summed E-state index contributed by atoms with van der Waals surface area (Å²) in [5, 5.41) is 96.8. The summed E-state index contributed by atoms with van der Waals surface area (Å²) in [4.78, 5) is 10.1. The van der Waals surface area contributed by atoms with E-state index >= 15 is 0 Å². The minimum absolute atomic E-state index is 1.98. The standard InChI is InChI=1S/C12H23O13P/c13-1-3(15)7(19)11(8(20)4(1)16)25-26(23,24)12-9(21)5(17)2(14)6(18)10(12)22/h1-22H,(H,23,24)/t1?,2?,3-,4+,5-,6+,7-,8-,9+,10+,11?,12?/m0/s1. The molecule has 2 fully saturated rings. The molecular weight excluding hydrogens is 383 g/mol. The van der Waals surface area contributed by atoms with Crippen LogP contribution in [0.25, 0.3) is 0 Å². The fourth-order valence-corrected chi connectivity index (χ4v) is 5.03. The number of aliphatic hydroxyl groups excluding tert-OH is 10. The lowest BCUT2D eigenvalue weighted by Crippen LogP contribution is -2.65. The summed E-state index contributed by atoms with van der Waals surface area (Å²) in [5.74, 6) is 0. The van der Waals surface area contributed by atoms with Gasteiger partial charge >= 0.3 is 7.60 Å². The Hall–Kier alpha value is -0.250. The molecule has 13 atom stereocenters. The molecule has 0 aromatic rings. The predicted molar refractivity (Wildman–Crippen MR) is 78.6 cm³/mol. The van der Waals surface area contributed by atoms with E-state index in [1.807, 2.05) is 0 Å². The molecule has 13 nitrogen and oxygen atoms in total. The van der Waals surface area contributed by atoms with Crippen molar-refractivity contribution in [2.75, 3.05) is 0 Å². The Kier molecular flexibility index (Phi) is 6.48. The van der Waals surface area contributed by atoms with Gasteiger partial charge in [-0.2, -0.15) is 0 Å². The summed E-state index contributed by atoms with van der Waals surface area (Å²) in [6.45, 7) is 0. The first-order valence-electron chi connectivity index (χ1n) is 7.64. The van der Waals surface area contributed by atoms with E-state index in [1.54, 1.807) is 0 Å². The van der Waals surface area contributed by atoms with Crippen molar-refractivity contribution in [3.05, 3.63) is 0 Å². The lowest BCUT2D eigenvalue weighted by atomic mass is 9.85. The summed E-state index contributed by atoms with van der Waals surface area (Å²) in [5.41, 5.74) is -2.25. The van der Waals surface area contributed by atoms with Crippen LogP contribution < -0.4 is 0 Å². The average molecular weight is 406 g/mol. The van der Waals surface area contributed by atoms with Crippen molar-refractivity contribution in [3.63, 3.8) is 0 Å². The van der Waals surface area contributed by atoms with Gasteiger partial charge in [-0.3, -0.25) is 9.09 Å². The highest BCUT2D eigenvalue weighted by Crippen LogP contribution is 2.55. The molecule has 0 heterocycles. The Bertz CT molecular complexity index is 515. The van der Waals surface area contributed by atoms with Gasteiger partial charge in [0.25, 0.3) is 0 Å². The van der Waals surface area contributed by atoms with E-state index in [4.69, 9.17) is 0 Å². The second-order valence-corrected chi connectivity index (χ2v) is 8.47. The molecule has 26 heavy (non-hydrogen) atoms. The van der Waals surface area contributed by atoms with Crippen molar-refractivity contribution in [2.45, 2.75) is 72.8 Å². The summed E-state index contributed by atoms with van der Waals surface area (Å²) in [6, 6.07) is 0. The highest BCUT2D eigenvalue weighted by Gasteiger charge is 2.58. The van der Waals surface area contributed by atoms with Gasteiger partial charge in [0.2, 0.25) is 0 Å². The fraction of sp³-hybridized carbons (Fsp3) is 1.00. The Balaban J connectivity index is 2.28. The van der Waals surface area contributed by atoms with Crippen LogP contribution in [0.2, 0.25) is 0 Å². The largest absolute Gasteiger partial charge is 0.389 e. The molecule has 0 aliphatic heterocycles. The number of rotatable bonds is 3. The monoisotopic (exact) mass is 406 g/mol. The zero-order chi connectivity index (χ0) is 20.1. The molecular formula is C12H23O13P. The van der Waals surface area contributed by atoms with Crippen LogP contribution >= 0.6 is 7.60 Å². The molecule has 2 aliphatic carbocycles. The Morgan fingerprint density at radius 2 is 0.769 bits per heavy atom. The number of hydrogen-bond donors (Lipinski definition) is 11. The van der Waals surface area contributed by atoms with Crippen molar-refractivity contribution in [1.29, 1.82) is 0 Å². The highest BCUT2D eigenvalue weighted by molar-refractivity contribution is 7.53. The summed E-state index contributed by atoms with van der Waals surface area (Å²) < 4.78 is 17.2. The molecule has 2 saturated carbocycles. The van der Waals surface area contributed by atoms with Crippen LogP contribution in [0.3, 0.4) is 0 Å². The van der Waals surface area contributed by atoms with E-state index in [9.17, 15) is 60.5 Å². The van der Waals surface area contributed by atoms with E-state index in [0.717, 1.165) is 0 Å². The topological polar surface area (TPSA) is 249 Å². The lowest BCUT2D eigenvalue weighted by Gasteiger charge is -2.45. The molecule has 11 N–H and O–H groups in total. The maximum absolute atomic E-state index is 12.5. The average Bonchev–Trinajstić information content (AvgIpc) is 2.58. The molecule has 0 radical (unpaired) electrons. The van der Waals surface area contributed by atoms with Crippen LogP contribution in [0.15, 0.2) is 0 Å². The highest BCUT2D eigenvalue weighted by atomic mass is 31.2. The van der Waals surface area contributed by atoms with E-state index in [2.05, 4.69) is 4.52 Å². The van der Waals surface area contributed by atoms with E-state index in [1.165, 1.54) is 0 Å². The number of aliphatic hydroxyl groups is 10. The summed E-state index contributed by atoms with van der Waals surface area (Å²) in [7, 11) is -5.25. The lowest BCUT2D eigenvalue weighted by molar-refractivity contribution is -0.219. The minimum Gasteiger partial charge on any atom is -0.389 e. The maximum atomic E-state index is 12.5. The SMILES string of the molecule is O=P(O)(OC1[C@@H](O)[C@H](O)C(O)[C@H](O)[C@@H]1O)C1[C@H](O)[C@H](O)C(O)[C@H](O)[C@H]1O. The number of hydrogen-bond acceptors (Lipinski definition) is 12. The maximum Gasteiger partial charge on any atom is 0.337 e. The van der Waals surface area contributed by atoms with Crippen LogP contribution in [0.4, 0.5) is 0 Å². The van der Waals surface area contributed by atoms with Gasteiger partial charge in [-0.1, -0.05) is 0 Å². The first kappa shape index (κ1) is 22.0. The Labute approximate surface area is 146 Å². The molecule has 5 unspecified atom stereocenters. The predicted octanol–water partition coefficient (Wildman–Crippen LogP) is -6.44. The van der Waals surface area contributed by atoms with E-state index in [0.29, 0.717) is 0 Å². The summed E-state index contributed by atoms with van der Waals surface area (Å²) >= 11 is 0. The molecule has 0 saturated heterocycles. The van der Waals surface area contributed by atoms with Crippen molar-refractivity contribution >= 4 is 7.60 Å². The van der Waals surface area contributed by atoms with Crippen molar-refractivity contribution < 1.29 is 65.0 Å². The smallest absolute Gasteiger partial charge is 0.337 e. The zero-order valence-corrected chi connectivity index (χ0v) is 14.0. The van der Waals surface area contributed by atoms with Crippen LogP contribution in [-0.2, 0) is 9.09 Å². The van der Waals surface area contributed by atoms with E-state index < -0.39 is 80.4 Å². The molecule has 0 aromatic heterocycles.